The molecule has 0 unspecified atom stereocenters. The van der Waals surface area contributed by atoms with Crippen LogP contribution in [0.15, 0.2) is 48.5 Å². The van der Waals surface area contributed by atoms with E-state index in [9.17, 15) is 13.2 Å². The topological polar surface area (TPSA) is 60.9 Å². The van der Waals surface area contributed by atoms with E-state index in [1.807, 2.05) is 19.9 Å². The summed E-state index contributed by atoms with van der Waals surface area (Å²) < 4.78 is 25.9. The van der Waals surface area contributed by atoms with Crippen molar-refractivity contribution in [3.8, 4) is 0 Å². The summed E-state index contributed by atoms with van der Waals surface area (Å²) >= 11 is 12.3. The molecular weight excluding hydrogens is 421 g/mol. The van der Waals surface area contributed by atoms with Crippen LogP contribution in [0.5, 0.6) is 0 Å². The van der Waals surface area contributed by atoms with Crippen molar-refractivity contribution in [3.05, 3.63) is 64.1 Å². The lowest BCUT2D eigenvalue weighted by atomic mass is 9.92. The van der Waals surface area contributed by atoms with Crippen LogP contribution in [-0.4, -0.2) is 43.2 Å². The molecule has 0 aromatic heterocycles. The van der Waals surface area contributed by atoms with Gasteiger partial charge in [0.1, 0.15) is 0 Å². The van der Waals surface area contributed by atoms with Crippen molar-refractivity contribution in [1.82, 2.24) is 9.21 Å². The van der Waals surface area contributed by atoms with E-state index in [1.54, 1.807) is 42.5 Å². The average molecular weight is 442 g/mol. The molecule has 0 spiro atoms. The normalized spacial score (nSPS) is 16.5. The third kappa shape index (κ3) is 4.12. The summed E-state index contributed by atoms with van der Waals surface area (Å²) in [5.74, 6) is 0. The standard InChI is InChI=1S/C19H21Cl2N3O3S/c1-19(2,14-9-15(20)11-16(21)10-14)24-13-22(28(3,26)27)12-23(18(24)25)17-7-5-4-6-8-17/h4-11H,12-13H2,1-3H3. The Hall–Kier alpha value is -1.80. The Kier molecular flexibility index (Phi) is 5.64. The third-order valence-electron chi connectivity index (χ3n) is 4.84. The minimum absolute atomic E-state index is 0.0510. The molecule has 2 aromatic carbocycles. The van der Waals surface area contributed by atoms with E-state index in [0.29, 0.717) is 21.3 Å². The zero-order chi connectivity index (χ0) is 20.7. The van der Waals surface area contributed by atoms with Gasteiger partial charge in [0.05, 0.1) is 25.1 Å². The molecule has 1 fully saturated rings. The van der Waals surface area contributed by atoms with E-state index < -0.39 is 15.6 Å². The Bertz CT molecular complexity index is 976. The molecule has 28 heavy (non-hydrogen) atoms. The fraction of sp³-hybridized carbons (Fsp3) is 0.316. The third-order valence-corrected chi connectivity index (χ3v) is 6.45. The number of urea groups is 1. The molecule has 0 saturated carbocycles. The number of hydrogen-bond donors (Lipinski definition) is 0. The van der Waals surface area contributed by atoms with Crippen LogP contribution in [-0.2, 0) is 15.6 Å². The van der Waals surface area contributed by atoms with Crippen molar-refractivity contribution >= 4 is 44.9 Å². The van der Waals surface area contributed by atoms with Gasteiger partial charge in [-0.2, -0.15) is 4.31 Å². The number of halogens is 2. The summed E-state index contributed by atoms with van der Waals surface area (Å²) in [7, 11) is -3.54. The average Bonchev–Trinajstić information content (AvgIpc) is 2.60. The Labute approximate surface area is 175 Å². The predicted octanol–water partition coefficient (Wildman–Crippen LogP) is 4.35. The number of nitrogens with zero attached hydrogens (tertiary/aromatic N) is 3. The molecule has 0 bridgehead atoms. The molecule has 1 aliphatic rings. The Morgan fingerprint density at radius 3 is 2.07 bits per heavy atom. The second-order valence-electron chi connectivity index (χ2n) is 7.19. The quantitative estimate of drug-likeness (QED) is 0.708. The first-order chi connectivity index (χ1) is 13.0. The van der Waals surface area contributed by atoms with Crippen LogP contribution in [0.4, 0.5) is 10.5 Å². The lowest BCUT2D eigenvalue weighted by molar-refractivity contribution is 0.0889. The van der Waals surface area contributed by atoms with Crippen LogP contribution in [0.2, 0.25) is 10.0 Å². The first-order valence-electron chi connectivity index (χ1n) is 8.56. The molecule has 6 nitrogen and oxygen atoms in total. The van der Waals surface area contributed by atoms with E-state index in [4.69, 9.17) is 23.2 Å². The molecule has 1 aliphatic heterocycles. The highest BCUT2D eigenvalue weighted by Crippen LogP contribution is 2.35. The van der Waals surface area contributed by atoms with Gasteiger partial charge in [0, 0.05) is 15.7 Å². The van der Waals surface area contributed by atoms with Gasteiger partial charge >= 0.3 is 6.03 Å². The Balaban J connectivity index is 2.07. The molecule has 3 rings (SSSR count). The zero-order valence-electron chi connectivity index (χ0n) is 15.8. The Morgan fingerprint density at radius 2 is 1.54 bits per heavy atom. The largest absolute Gasteiger partial charge is 0.327 e. The number of amides is 2. The summed E-state index contributed by atoms with van der Waals surface area (Å²) in [6.07, 6.45) is 1.13. The lowest BCUT2D eigenvalue weighted by Crippen LogP contribution is -2.63. The predicted molar refractivity (Wildman–Crippen MR) is 112 cm³/mol. The first-order valence-corrected chi connectivity index (χ1v) is 11.2. The first kappa shape index (κ1) is 20.9. The maximum atomic E-state index is 13.4. The van der Waals surface area contributed by atoms with Crippen LogP contribution < -0.4 is 4.90 Å². The van der Waals surface area contributed by atoms with Crippen molar-refractivity contribution in [2.24, 2.45) is 0 Å². The van der Waals surface area contributed by atoms with Crippen LogP contribution in [0, 0.1) is 0 Å². The van der Waals surface area contributed by atoms with Crippen molar-refractivity contribution in [1.29, 1.82) is 0 Å². The van der Waals surface area contributed by atoms with Gasteiger partial charge in [-0.1, -0.05) is 41.4 Å². The van der Waals surface area contributed by atoms with Crippen molar-refractivity contribution in [3.63, 3.8) is 0 Å². The van der Waals surface area contributed by atoms with E-state index in [1.165, 1.54) is 14.1 Å². The monoisotopic (exact) mass is 441 g/mol. The molecule has 0 radical (unpaired) electrons. The number of para-hydroxylation sites is 1. The summed E-state index contributed by atoms with van der Waals surface area (Å²) in [5, 5.41) is 0.889. The maximum Gasteiger partial charge on any atom is 0.327 e. The van der Waals surface area contributed by atoms with Crippen molar-refractivity contribution in [2.75, 3.05) is 24.5 Å². The van der Waals surface area contributed by atoms with Crippen LogP contribution in [0.1, 0.15) is 19.4 Å². The molecule has 2 amide bonds. The fourth-order valence-corrected chi connectivity index (χ4v) is 4.29. The van der Waals surface area contributed by atoms with Gasteiger partial charge in [-0.3, -0.25) is 4.90 Å². The van der Waals surface area contributed by atoms with Crippen molar-refractivity contribution < 1.29 is 13.2 Å². The highest BCUT2D eigenvalue weighted by atomic mass is 35.5. The van der Waals surface area contributed by atoms with Gasteiger partial charge in [-0.05, 0) is 49.7 Å². The van der Waals surface area contributed by atoms with Gasteiger partial charge in [0.25, 0.3) is 0 Å². The van der Waals surface area contributed by atoms with Gasteiger partial charge in [-0.25, -0.2) is 13.2 Å². The molecular formula is C19H21Cl2N3O3S. The molecule has 1 heterocycles. The lowest BCUT2D eigenvalue weighted by Gasteiger charge is -2.48. The second kappa shape index (κ2) is 7.55. The molecule has 2 aromatic rings. The minimum Gasteiger partial charge on any atom is -0.301 e. The summed E-state index contributed by atoms with van der Waals surface area (Å²) in [6.45, 7) is 3.55. The second-order valence-corrected chi connectivity index (χ2v) is 10.0. The van der Waals surface area contributed by atoms with Gasteiger partial charge in [0.2, 0.25) is 10.0 Å². The molecule has 0 atom stereocenters. The number of carbonyl (C=O) groups is 1. The SMILES string of the molecule is CC(C)(c1cc(Cl)cc(Cl)c1)N1CN(S(C)(=O)=O)CN(c2ccccc2)C1=O. The fourth-order valence-electron chi connectivity index (χ4n) is 3.12. The minimum atomic E-state index is -3.54. The van der Waals surface area contributed by atoms with Crippen LogP contribution in [0.3, 0.4) is 0 Å². The number of rotatable bonds is 4. The van der Waals surface area contributed by atoms with E-state index in [-0.39, 0.29) is 19.4 Å². The summed E-state index contributed by atoms with van der Waals surface area (Å²) in [6, 6.07) is 13.7. The summed E-state index contributed by atoms with van der Waals surface area (Å²) in [5.41, 5.74) is 0.467. The van der Waals surface area contributed by atoms with E-state index >= 15 is 0 Å². The van der Waals surface area contributed by atoms with Gasteiger partial charge < -0.3 is 4.90 Å². The summed E-state index contributed by atoms with van der Waals surface area (Å²) in [4.78, 5) is 16.3. The number of carbonyl (C=O) groups excluding carboxylic acids is 1. The molecule has 0 aliphatic carbocycles. The number of benzene rings is 2. The molecule has 1 saturated heterocycles. The van der Waals surface area contributed by atoms with E-state index in [2.05, 4.69) is 0 Å². The number of hydrogen-bond acceptors (Lipinski definition) is 3. The van der Waals surface area contributed by atoms with Gasteiger partial charge in [0.15, 0.2) is 0 Å². The smallest absolute Gasteiger partial charge is 0.301 e. The highest BCUT2D eigenvalue weighted by Gasteiger charge is 2.43. The molecule has 150 valence electrons. The molecule has 9 heteroatoms. The Morgan fingerprint density at radius 1 is 0.964 bits per heavy atom. The molecule has 0 N–H and O–H groups in total. The van der Waals surface area contributed by atoms with Crippen LogP contribution in [0.25, 0.3) is 0 Å². The zero-order valence-corrected chi connectivity index (χ0v) is 18.1. The maximum absolute atomic E-state index is 13.4. The van der Waals surface area contributed by atoms with E-state index in [0.717, 1.165) is 6.26 Å². The van der Waals surface area contributed by atoms with Gasteiger partial charge in [-0.15, -0.1) is 0 Å². The van der Waals surface area contributed by atoms with Crippen molar-refractivity contribution in [2.45, 2.75) is 19.4 Å². The number of anilines is 1. The van der Waals surface area contributed by atoms with Crippen LogP contribution >= 0.6 is 23.2 Å². The number of sulfonamides is 1. The highest BCUT2D eigenvalue weighted by molar-refractivity contribution is 7.88.